The molecule has 1 aliphatic rings. The summed E-state index contributed by atoms with van der Waals surface area (Å²) in [5, 5.41) is 2.87. The fourth-order valence-corrected chi connectivity index (χ4v) is 2.55. The van der Waals surface area contributed by atoms with Gasteiger partial charge in [-0.3, -0.25) is 19.3 Å². The average Bonchev–Trinajstić information content (AvgIpc) is 2.78. The van der Waals surface area contributed by atoms with Gasteiger partial charge in [0.1, 0.15) is 0 Å². The van der Waals surface area contributed by atoms with Gasteiger partial charge in [0, 0.05) is 31.5 Å². The van der Waals surface area contributed by atoms with Crippen LogP contribution in [0.4, 0.5) is 5.69 Å². The molecule has 1 saturated heterocycles. The number of aryl methyl sites for hydroxylation is 1. The van der Waals surface area contributed by atoms with E-state index >= 15 is 0 Å². The van der Waals surface area contributed by atoms with Crippen molar-refractivity contribution in [1.82, 2.24) is 4.90 Å². The average molecular weight is 302 g/mol. The zero-order valence-electron chi connectivity index (χ0n) is 12.9. The number of hydrogen-bond acceptors (Lipinski definition) is 3. The minimum absolute atomic E-state index is 0.000995. The first kappa shape index (κ1) is 16.2. The lowest BCUT2D eigenvalue weighted by Gasteiger charge is -2.13. The number of nitrogens with zero attached hydrogens (tertiary/aromatic N) is 1. The maximum absolute atomic E-state index is 11.8. The number of imide groups is 1. The molecule has 0 atom stereocenters. The number of benzene rings is 1. The lowest BCUT2D eigenvalue weighted by atomic mass is 10.1. The van der Waals surface area contributed by atoms with Crippen LogP contribution in [0.1, 0.15) is 44.1 Å². The fourth-order valence-electron chi connectivity index (χ4n) is 2.55. The van der Waals surface area contributed by atoms with Crippen molar-refractivity contribution < 1.29 is 14.4 Å². The van der Waals surface area contributed by atoms with Crippen LogP contribution in [0, 0.1) is 6.92 Å². The number of anilines is 1. The number of unbranched alkanes of at least 4 members (excludes halogenated alkanes) is 2. The maximum Gasteiger partial charge on any atom is 0.229 e. The van der Waals surface area contributed by atoms with Crippen LogP contribution < -0.4 is 5.32 Å². The van der Waals surface area contributed by atoms with Gasteiger partial charge in [0.05, 0.1) is 0 Å². The highest BCUT2D eigenvalue weighted by molar-refractivity contribution is 6.01. The Morgan fingerprint density at radius 3 is 2.55 bits per heavy atom. The van der Waals surface area contributed by atoms with Gasteiger partial charge in [0.2, 0.25) is 17.7 Å². The zero-order chi connectivity index (χ0) is 15.9. The van der Waals surface area contributed by atoms with Crippen molar-refractivity contribution in [3.63, 3.8) is 0 Å². The molecule has 3 amide bonds. The first-order valence-corrected chi connectivity index (χ1v) is 7.76. The Labute approximate surface area is 130 Å². The minimum atomic E-state index is -0.0674. The van der Waals surface area contributed by atoms with Gasteiger partial charge in [-0.15, -0.1) is 0 Å². The van der Waals surface area contributed by atoms with Gasteiger partial charge in [-0.05, 0) is 37.5 Å². The van der Waals surface area contributed by atoms with E-state index in [0.717, 1.165) is 30.5 Å². The quantitative estimate of drug-likeness (QED) is 0.622. The molecule has 22 heavy (non-hydrogen) atoms. The van der Waals surface area contributed by atoms with Gasteiger partial charge >= 0.3 is 0 Å². The molecule has 0 unspecified atom stereocenters. The number of likely N-dealkylation sites (tertiary alicyclic amines) is 1. The summed E-state index contributed by atoms with van der Waals surface area (Å²) >= 11 is 0. The predicted octanol–water partition coefficient (Wildman–Crippen LogP) is 2.64. The highest BCUT2D eigenvalue weighted by Gasteiger charge is 2.27. The summed E-state index contributed by atoms with van der Waals surface area (Å²) in [6.45, 7) is 2.47. The van der Waals surface area contributed by atoms with Crippen molar-refractivity contribution >= 4 is 23.4 Å². The summed E-state index contributed by atoms with van der Waals surface area (Å²) in [6, 6.07) is 7.70. The lowest BCUT2D eigenvalue weighted by Crippen LogP contribution is -2.29. The second-order valence-electron chi connectivity index (χ2n) is 5.67. The predicted molar refractivity (Wildman–Crippen MR) is 84.2 cm³/mol. The first-order chi connectivity index (χ1) is 10.6. The molecule has 1 N–H and O–H groups in total. The van der Waals surface area contributed by atoms with Crippen LogP contribution in [0.15, 0.2) is 24.3 Å². The number of carbonyl (C=O) groups is 3. The maximum atomic E-state index is 11.8. The Balaban J connectivity index is 1.61. The standard InChI is InChI=1S/C17H22N2O3/c1-13-6-5-7-14(12-13)18-15(20)8-3-2-4-11-19-16(21)9-10-17(19)22/h5-7,12H,2-4,8-11H2,1H3,(H,18,20). The van der Waals surface area contributed by atoms with E-state index in [2.05, 4.69) is 5.32 Å². The molecule has 5 nitrogen and oxygen atoms in total. The van der Waals surface area contributed by atoms with E-state index in [9.17, 15) is 14.4 Å². The second kappa shape index (κ2) is 7.73. The minimum Gasteiger partial charge on any atom is -0.326 e. The molecule has 2 rings (SSSR count). The van der Waals surface area contributed by atoms with Crippen LogP contribution >= 0.6 is 0 Å². The number of rotatable bonds is 7. The van der Waals surface area contributed by atoms with Crippen molar-refractivity contribution in [1.29, 1.82) is 0 Å². The molecule has 1 fully saturated rings. The third kappa shape index (κ3) is 4.69. The highest BCUT2D eigenvalue weighted by atomic mass is 16.2. The monoisotopic (exact) mass is 302 g/mol. The normalized spacial score (nSPS) is 14.5. The van der Waals surface area contributed by atoms with E-state index in [1.54, 1.807) is 0 Å². The van der Waals surface area contributed by atoms with Crippen molar-refractivity contribution in [2.24, 2.45) is 0 Å². The number of carbonyl (C=O) groups excluding carboxylic acids is 3. The molecular weight excluding hydrogens is 280 g/mol. The van der Waals surface area contributed by atoms with E-state index in [1.807, 2.05) is 31.2 Å². The van der Waals surface area contributed by atoms with Crippen LogP contribution in [0.5, 0.6) is 0 Å². The van der Waals surface area contributed by atoms with Crippen LogP contribution in [-0.4, -0.2) is 29.2 Å². The van der Waals surface area contributed by atoms with Crippen LogP contribution in [-0.2, 0) is 14.4 Å². The van der Waals surface area contributed by atoms with Gasteiger partial charge in [-0.25, -0.2) is 0 Å². The third-order valence-electron chi connectivity index (χ3n) is 3.74. The number of amides is 3. The van der Waals surface area contributed by atoms with Crippen molar-refractivity contribution in [2.45, 2.75) is 45.4 Å². The Kier molecular flexibility index (Phi) is 5.69. The lowest BCUT2D eigenvalue weighted by molar-refractivity contribution is -0.138. The van der Waals surface area contributed by atoms with E-state index in [-0.39, 0.29) is 17.7 Å². The Hall–Kier alpha value is -2.17. The molecule has 0 aliphatic carbocycles. The smallest absolute Gasteiger partial charge is 0.229 e. The molecule has 1 aromatic carbocycles. The van der Waals surface area contributed by atoms with Crippen LogP contribution in [0.2, 0.25) is 0 Å². The Morgan fingerprint density at radius 2 is 1.86 bits per heavy atom. The molecular formula is C17H22N2O3. The van der Waals surface area contributed by atoms with Gasteiger partial charge in [-0.2, -0.15) is 0 Å². The molecule has 1 aromatic rings. The molecule has 0 spiro atoms. The molecule has 0 bridgehead atoms. The van der Waals surface area contributed by atoms with Crippen LogP contribution in [0.3, 0.4) is 0 Å². The number of nitrogens with one attached hydrogen (secondary N) is 1. The summed E-state index contributed by atoms with van der Waals surface area (Å²) in [5.74, 6) is -0.136. The topological polar surface area (TPSA) is 66.5 Å². The molecule has 0 saturated carbocycles. The van der Waals surface area contributed by atoms with Crippen molar-refractivity contribution in [3.8, 4) is 0 Å². The first-order valence-electron chi connectivity index (χ1n) is 7.76. The molecule has 5 heteroatoms. The second-order valence-corrected chi connectivity index (χ2v) is 5.67. The molecule has 1 heterocycles. The van der Waals surface area contributed by atoms with E-state index < -0.39 is 0 Å². The summed E-state index contributed by atoms with van der Waals surface area (Å²) in [4.78, 5) is 36.0. The summed E-state index contributed by atoms with van der Waals surface area (Å²) in [6.07, 6.45) is 3.49. The van der Waals surface area contributed by atoms with E-state index in [4.69, 9.17) is 0 Å². The molecule has 0 aromatic heterocycles. The van der Waals surface area contributed by atoms with Crippen LogP contribution in [0.25, 0.3) is 0 Å². The number of hydrogen-bond donors (Lipinski definition) is 1. The summed E-state index contributed by atoms with van der Waals surface area (Å²) in [7, 11) is 0. The van der Waals surface area contributed by atoms with Crippen molar-refractivity contribution in [2.75, 3.05) is 11.9 Å². The zero-order valence-corrected chi connectivity index (χ0v) is 12.9. The van der Waals surface area contributed by atoms with Gasteiger partial charge in [0.15, 0.2) is 0 Å². The van der Waals surface area contributed by atoms with E-state index in [1.165, 1.54) is 4.90 Å². The largest absolute Gasteiger partial charge is 0.326 e. The van der Waals surface area contributed by atoms with E-state index in [0.29, 0.717) is 25.8 Å². The van der Waals surface area contributed by atoms with Gasteiger partial charge in [-0.1, -0.05) is 18.6 Å². The Bertz CT molecular complexity index is 553. The molecule has 0 radical (unpaired) electrons. The SMILES string of the molecule is Cc1cccc(NC(=O)CCCCCN2C(=O)CCC2=O)c1. The fraction of sp³-hybridized carbons (Fsp3) is 0.471. The summed E-state index contributed by atoms with van der Waals surface area (Å²) in [5.41, 5.74) is 1.93. The van der Waals surface area contributed by atoms with Gasteiger partial charge < -0.3 is 5.32 Å². The van der Waals surface area contributed by atoms with Crippen molar-refractivity contribution in [3.05, 3.63) is 29.8 Å². The Morgan fingerprint density at radius 1 is 1.14 bits per heavy atom. The summed E-state index contributed by atoms with van der Waals surface area (Å²) < 4.78 is 0. The molecule has 118 valence electrons. The molecule has 1 aliphatic heterocycles. The third-order valence-corrected chi connectivity index (χ3v) is 3.74. The van der Waals surface area contributed by atoms with Gasteiger partial charge in [0.25, 0.3) is 0 Å². The highest BCUT2D eigenvalue weighted by Crippen LogP contribution is 2.14.